The SMILES string of the molecule is CCC(C)NC(=O)CNc1cc(Br)ccc1OC. The summed E-state index contributed by atoms with van der Waals surface area (Å²) in [5, 5.41) is 5.97. The van der Waals surface area contributed by atoms with Gasteiger partial charge in [-0.25, -0.2) is 0 Å². The number of benzene rings is 1. The van der Waals surface area contributed by atoms with Crippen LogP contribution in [0.2, 0.25) is 0 Å². The Labute approximate surface area is 116 Å². The summed E-state index contributed by atoms with van der Waals surface area (Å²) in [6, 6.07) is 5.82. The average molecular weight is 315 g/mol. The van der Waals surface area contributed by atoms with E-state index in [9.17, 15) is 4.79 Å². The van der Waals surface area contributed by atoms with Crippen LogP contribution in [0.1, 0.15) is 20.3 Å². The number of rotatable bonds is 6. The van der Waals surface area contributed by atoms with Crippen LogP contribution >= 0.6 is 15.9 Å². The predicted molar refractivity (Wildman–Crippen MR) is 77.1 cm³/mol. The zero-order valence-corrected chi connectivity index (χ0v) is 12.5. The molecular formula is C13H19BrN2O2. The van der Waals surface area contributed by atoms with Gasteiger partial charge in [-0.2, -0.15) is 0 Å². The van der Waals surface area contributed by atoms with Gasteiger partial charge in [0.25, 0.3) is 0 Å². The van der Waals surface area contributed by atoms with E-state index < -0.39 is 0 Å². The summed E-state index contributed by atoms with van der Waals surface area (Å²) >= 11 is 3.39. The second kappa shape index (κ2) is 7.26. The largest absolute Gasteiger partial charge is 0.495 e. The molecule has 0 aliphatic rings. The van der Waals surface area contributed by atoms with Crippen LogP contribution in [0.25, 0.3) is 0 Å². The summed E-state index contributed by atoms with van der Waals surface area (Å²) in [4.78, 5) is 11.6. The summed E-state index contributed by atoms with van der Waals surface area (Å²) < 4.78 is 6.16. The highest BCUT2D eigenvalue weighted by Crippen LogP contribution is 2.27. The summed E-state index contributed by atoms with van der Waals surface area (Å²) in [6.07, 6.45) is 0.923. The van der Waals surface area contributed by atoms with E-state index in [0.717, 1.165) is 22.3 Å². The smallest absolute Gasteiger partial charge is 0.239 e. The van der Waals surface area contributed by atoms with Crippen molar-refractivity contribution in [2.45, 2.75) is 26.3 Å². The summed E-state index contributed by atoms with van der Waals surface area (Å²) in [5.41, 5.74) is 0.797. The van der Waals surface area contributed by atoms with Crippen LogP contribution in [0.15, 0.2) is 22.7 Å². The lowest BCUT2D eigenvalue weighted by atomic mass is 10.2. The average Bonchev–Trinajstić information content (AvgIpc) is 2.36. The first-order valence-electron chi connectivity index (χ1n) is 5.93. The second-order valence-electron chi connectivity index (χ2n) is 4.07. The molecule has 18 heavy (non-hydrogen) atoms. The Bertz CT molecular complexity index is 410. The Balaban J connectivity index is 2.57. The van der Waals surface area contributed by atoms with Crippen molar-refractivity contribution in [1.82, 2.24) is 5.32 Å². The van der Waals surface area contributed by atoms with Crippen molar-refractivity contribution >= 4 is 27.5 Å². The molecule has 0 bridgehead atoms. The third-order valence-corrected chi connectivity index (χ3v) is 3.11. The molecule has 0 aromatic heterocycles. The molecule has 2 N–H and O–H groups in total. The number of carbonyl (C=O) groups is 1. The fourth-order valence-corrected chi connectivity index (χ4v) is 1.78. The number of amides is 1. The molecule has 100 valence electrons. The number of ether oxygens (including phenoxy) is 1. The minimum absolute atomic E-state index is 0.0219. The highest BCUT2D eigenvalue weighted by Gasteiger charge is 2.07. The van der Waals surface area contributed by atoms with Crippen molar-refractivity contribution < 1.29 is 9.53 Å². The lowest BCUT2D eigenvalue weighted by Crippen LogP contribution is -2.36. The highest BCUT2D eigenvalue weighted by atomic mass is 79.9. The predicted octanol–water partition coefficient (Wildman–Crippen LogP) is 2.78. The normalized spacial score (nSPS) is 11.8. The van der Waals surface area contributed by atoms with Gasteiger partial charge in [0, 0.05) is 10.5 Å². The van der Waals surface area contributed by atoms with Gasteiger partial charge < -0.3 is 15.4 Å². The standard InChI is InChI=1S/C13H19BrN2O2/c1-4-9(2)16-13(17)8-15-11-7-10(14)5-6-12(11)18-3/h5-7,9,15H,4,8H2,1-3H3,(H,16,17). The molecule has 0 saturated carbocycles. The number of hydrogen-bond donors (Lipinski definition) is 2. The van der Waals surface area contributed by atoms with Crippen LogP contribution in [0.3, 0.4) is 0 Å². The molecule has 0 aliphatic heterocycles. The number of hydrogen-bond acceptors (Lipinski definition) is 3. The van der Waals surface area contributed by atoms with Crippen molar-refractivity contribution in [3.8, 4) is 5.75 Å². The Morgan fingerprint density at radius 2 is 2.22 bits per heavy atom. The first-order valence-corrected chi connectivity index (χ1v) is 6.72. The quantitative estimate of drug-likeness (QED) is 0.849. The molecule has 1 unspecified atom stereocenters. The van der Waals surface area contributed by atoms with Gasteiger partial charge >= 0.3 is 0 Å². The fourth-order valence-electron chi connectivity index (χ4n) is 1.42. The summed E-state index contributed by atoms with van der Waals surface area (Å²) in [5.74, 6) is 0.695. The highest BCUT2D eigenvalue weighted by molar-refractivity contribution is 9.10. The van der Waals surface area contributed by atoms with Crippen molar-refractivity contribution in [1.29, 1.82) is 0 Å². The van der Waals surface area contributed by atoms with Crippen molar-refractivity contribution in [3.63, 3.8) is 0 Å². The number of nitrogens with one attached hydrogen (secondary N) is 2. The molecule has 0 aliphatic carbocycles. The molecule has 0 saturated heterocycles. The van der Waals surface area contributed by atoms with E-state index in [2.05, 4.69) is 26.6 Å². The molecule has 4 nitrogen and oxygen atoms in total. The number of carbonyl (C=O) groups excluding carboxylic acids is 1. The van der Waals surface area contributed by atoms with E-state index in [4.69, 9.17) is 4.74 Å². The van der Waals surface area contributed by atoms with Gasteiger partial charge in [-0.05, 0) is 31.5 Å². The topological polar surface area (TPSA) is 50.4 Å². The van der Waals surface area contributed by atoms with Crippen molar-refractivity contribution in [2.24, 2.45) is 0 Å². The van der Waals surface area contributed by atoms with E-state index in [0.29, 0.717) is 0 Å². The van der Waals surface area contributed by atoms with E-state index in [1.165, 1.54) is 0 Å². The molecule has 0 spiro atoms. The molecule has 1 rings (SSSR count). The van der Waals surface area contributed by atoms with Crippen LogP contribution in [0.4, 0.5) is 5.69 Å². The Kier molecular flexibility index (Phi) is 5.98. The second-order valence-corrected chi connectivity index (χ2v) is 4.99. The third kappa shape index (κ3) is 4.56. The molecule has 1 aromatic rings. The van der Waals surface area contributed by atoms with Crippen molar-refractivity contribution in [2.75, 3.05) is 19.0 Å². The lowest BCUT2D eigenvalue weighted by molar-refractivity contribution is -0.120. The minimum atomic E-state index is -0.0219. The van der Waals surface area contributed by atoms with Gasteiger partial charge in [0.15, 0.2) is 0 Å². The maximum atomic E-state index is 11.6. The van der Waals surface area contributed by atoms with E-state index >= 15 is 0 Å². The molecule has 0 fully saturated rings. The lowest BCUT2D eigenvalue weighted by Gasteiger charge is -2.14. The number of anilines is 1. The van der Waals surface area contributed by atoms with Gasteiger partial charge in [0.2, 0.25) is 5.91 Å². The van der Waals surface area contributed by atoms with Gasteiger partial charge in [0.05, 0.1) is 19.3 Å². The first kappa shape index (κ1) is 14.8. The Hall–Kier alpha value is -1.23. The van der Waals surface area contributed by atoms with Gasteiger partial charge in [-0.15, -0.1) is 0 Å². The van der Waals surface area contributed by atoms with Crippen LogP contribution in [0, 0.1) is 0 Å². The van der Waals surface area contributed by atoms with Gasteiger partial charge in [-0.3, -0.25) is 4.79 Å². The minimum Gasteiger partial charge on any atom is -0.495 e. The molecule has 1 atom stereocenters. The van der Waals surface area contributed by atoms with E-state index in [-0.39, 0.29) is 18.5 Å². The van der Waals surface area contributed by atoms with E-state index in [1.807, 2.05) is 32.0 Å². The fraction of sp³-hybridized carbons (Fsp3) is 0.462. The van der Waals surface area contributed by atoms with Crippen LogP contribution in [0.5, 0.6) is 5.75 Å². The zero-order valence-electron chi connectivity index (χ0n) is 10.9. The Morgan fingerprint density at radius 3 is 2.83 bits per heavy atom. The molecule has 0 heterocycles. The van der Waals surface area contributed by atoms with Crippen LogP contribution in [-0.4, -0.2) is 25.6 Å². The molecule has 1 aromatic carbocycles. The van der Waals surface area contributed by atoms with E-state index in [1.54, 1.807) is 7.11 Å². The summed E-state index contributed by atoms with van der Waals surface area (Å²) in [6.45, 7) is 4.25. The molecule has 1 amide bonds. The molecule has 5 heteroatoms. The van der Waals surface area contributed by atoms with Gasteiger partial charge in [0.1, 0.15) is 5.75 Å². The monoisotopic (exact) mass is 314 g/mol. The van der Waals surface area contributed by atoms with Crippen LogP contribution in [-0.2, 0) is 4.79 Å². The van der Waals surface area contributed by atoms with Gasteiger partial charge in [-0.1, -0.05) is 22.9 Å². The number of halogens is 1. The molecule has 0 radical (unpaired) electrons. The first-order chi connectivity index (χ1) is 8.56. The van der Waals surface area contributed by atoms with Crippen molar-refractivity contribution in [3.05, 3.63) is 22.7 Å². The maximum Gasteiger partial charge on any atom is 0.239 e. The maximum absolute atomic E-state index is 11.6. The summed E-state index contributed by atoms with van der Waals surface area (Å²) in [7, 11) is 1.60. The third-order valence-electron chi connectivity index (χ3n) is 2.62. The molecular weight excluding hydrogens is 296 g/mol. The van der Waals surface area contributed by atoms with Crippen LogP contribution < -0.4 is 15.4 Å². The zero-order chi connectivity index (χ0) is 13.5. The number of methoxy groups -OCH3 is 1. The Morgan fingerprint density at radius 1 is 1.50 bits per heavy atom.